The summed E-state index contributed by atoms with van der Waals surface area (Å²) in [7, 11) is 0. The number of hydrogen-bond acceptors (Lipinski definition) is 4. The Morgan fingerprint density at radius 1 is 1.35 bits per heavy atom. The van der Waals surface area contributed by atoms with Crippen LogP contribution < -0.4 is 0 Å². The van der Waals surface area contributed by atoms with E-state index in [0.29, 0.717) is 13.1 Å². The molecule has 1 aromatic heterocycles. The monoisotopic (exact) mass is 291 g/mol. The summed E-state index contributed by atoms with van der Waals surface area (Å²) in [6.07, 6.45) is 0. The van der Waals surface area contributed by atoms with Crippen LogP contribution in [-0.2, 0) is 4.79 Å². The quantitative estimate of drug-likeness (QED) is 0.841. The van der Waals surface area contributed by atoms with Gasteiger partial charge < -0.3 is 4.90 Å². The summed E-state index contributed by atoms with van der Waals surface area (Å²) >= 11 is 1.62. The van der Waals surface area contributed by atoms with Crippen LogP contribution >= 0.6 is 11.3 Å². The van der Waals surface area contributed by atoms with Crippen molar-refractivity contribution in [3.8, 4) is 6.07 Å². The maximum Gasteiger partial charge on any atom is 0.228 e. The van der Waals surface area contributed by atoms with Crippen LogP contribution in [0.15, 0.2) is 17.5 Å². The number of piperazine rings is 1. The first-order valence-electron chi connectivity index (χ1n) is 6.90. The Labute approximate surface area is 124 Å². The fourth-order valence-corrected chi connectivity index (χ4v) is 3.23. The van der Waals surface area contributed by atoms with E-state index in [1.807, 2.05) is 43.2 Å². The van der Waals surface area contributed by atoms with Crippen molar-refractivity contribution in [3.05, 3.63) is 22.4 Å². The second-order valence-corrected chi connectivity index (χ2v) is 7.10. The zero-order chi connectivity index (χ0) is 14.8. The smallest absolute Gasteiger partial charge is 0.228 e. The van der Waals surface area contributed by atoms with Crippen LogP contribution in [0.2, 0.25) is 0 Å². The molecule has 5 heteroatoms. The molecule has 4 nitrogen and oxygen atoms in total. The topological polar surface area (TPSA) is 47.3 Å². The first kappa shape index (κ1) is 15.0. The van der Waals surface area contributed by atoms with Crippen LogP contribution in [0.25, 0.3) is 0 Å². The van der Waals surface area contributed by atoms with Gasteiger partial charge in [0.15, 0.2) is 0 Å². The summed E-state index contributed by atoms with van der Waals surface area (Å²) in [4.78, 5) is 17.4. The van der Waals surface area contributed by atoms with Crippen LogP contribution in [0.4, 0.5) is 0 Å². The standard InChI is InChI=1S/C15H21N3OS/c1-15(2,3)14(19)18-8-6-17(7-9-18)12(11-16)13-5-4-10-20-13/h4-5,10,12H,6-9H2,1-3H3. The molecule has 1 amide bonds. The van der Waals surface area contributed by atoms with Crippen LogP contribution in [0.5, 0.6) is 0 Å². The van der Waals surface area contributed by atoms with Gasteiger partial charge in [-0.15, -0.1) is 11.3 Å². The van der Waals surface area contributed by atoms with E-state index in [1.54, 1.807) is 11.3 Å². The molecule has 1 aliphatic rings. The summed E-state index contributed by atoms with van der Waals surface area (Å²) in [6, 6.07) is 6.18. The van der Waals surface area contributed by atoms with Gasteiger partial charge in [-0.05, 0) is 11.4 Å². The summed E-state index contributed by atoms with van der Waals surface area (Å²) in [6.45, 7) is 8.79. The van der Waals surface area contributed by atoms with Gasteiger partial charge in [0.1, 0.15) is 6.04 Å². The fourth-order valence-electron chi connectivity index (χ4n) is 2.43. The van der Waals surface area contributed by atoms with Gasteiger partial charge in [0.25, 0.3) is 0 Å². The van der Waals surface area contributed by atoms with Crippen LogP contribution in [0, 0.1) is 16.7 Å². The van der Waals surface area contributed by atoms with Gasteiger partial charge in [0, 0.05) is 36.5 Å². The maximum absolute atomic E-state index is 12.2. The minimum Gasteiger partial charge on any atom is -0.340 e. The highest BCUT2D eigenvalue weighted by molar-refractivity contribution is 7.10. The van der Waals surface area contributed by atoms with Crippen molar-refractivity contribution in [2.45, 2.75) is 26.8 Å². The highest BCUT2D eigenvalue weighted by atomic mass is 32.1. The van der Waals surface area contributed by atoms with Gasteiger partial charge in [-0.2, -0.15) is 5.26 Å². The summed E-state index contributed by atoms with van der Waals surface area (Å²) < 4.78 is 0. The molecule has 0 N–H and O–H groups in total. The summed E-state index contributed by atoms with van der Waals surface area (Å²) in [5.41, 5.74) is -0.329. The number of nitriles is 1. The number of amides is 1. The average Bonchev–Trinajstić information content (AvgIpc) is 2.92. The highest BCUT2D eigenvalue weighted by Crippen LogP contribution is 2.26. The molecule has 2 rings (SSSR count). The number of rotatable bonds is 2. The predicted octanol–water partition coefficient (Wildman–Crippen LogP) is 2.50. The Hall–Kier alpha value is -1.38. The second-order valence-electron chi connectivity index (χ2n) is 6.13. The molecule has 1 saturated heterocycles. The molecule has 1 fully saturated rings. The highest BCUT2D eigenvalue weighted by Gasteiger charge is 2.32. The van der Waals surface area contributed by atoms with Crippen LogP contribution in [-0.4, -0.2) is 41.9 Å². The molecule has 1 unspecified atom stereocenters. The van der Waals surface area contributed by atoms with Crippen molar-refractivity contribution >= 4 is 17.2 Å². The number of nitrogens with zero attached hydrogens (tertiary/aromatic N) is 3. The SMILES string of the molecule is CC(C)(C)C(=O)N1CCN(C(C#N)c2cccs2)CC1. The molecule has 2 heterocycles. The molecule has 0 saturated carbocycles. The average molecular weight is 291 g/mol. The van der Waals surface area contributed by atoms with E-state index < -0.39 is 0 Å². The molecule has 1 aromatic rings. The van der Waals surface area contributed by atoms with Crippen molar-refractivity contribution in [1.82, 2.24) is 9.80 Å². The van der Waals surface area contributed by atoms with Crippen molar-refractivity contribution in [1.29, 1.82) is 5.26 Å². The Bertz CT molecular complexity index is 490. The minimum absolute atomic E-state index is 0.179. The summed E-state index contributed by atoms with van der Waals surface area (Å²) in [5.74, 6) is 0.196. The Kier molecular flexibility index (Phi) is 4.46. The molecule has 0 aliphatic carbocycles. The Morgan fingerprint density at radius 3 is 2.45 bits per heavy atom. The molecule has 0 bridgehead atoms. The third-order valence-corrected chi connectivity index (χ3v) is 4.47. The van der Waals surface area contributed by atoms with Gasteiger partial charge in [-0.3, -0.25) is 9.69 Å². The molecule has 0 aromatic carbocycles. The molecule has 20 heavy (non-hydrogen) atoms. The molecular weight excluding hydrogens is 270 g/mol. The van der Waals surface area contributed by atoms with E-state index in [4.69, 9.17) is 0 Å². The third-order valence-electron chi connectivity index (χ3n) is 3.54. The van der Waals surface area contributed by atoms with E-state index in [0.717, 1.165) is 18.0 Å². The maximum atomic E-state index is 12.2. The zero-order valence-electron chi connectivity index (χ0n) is 12.3. The molecule has 0 spiro atoms. The third kappa shape index (κ3) is 3.20. The number of carbonyl (C=O) groups is 1. The largest absolute Gasteiger partial charge is 0.340 e. The van der Waals surface area contributed by atoms with Crippen LogP contribution in [0.1, 0.15) is 31.7 Å². The van der Waals surface area contributed by atoms with Gasteiger partial charge >= 0.3 is 0 Å². The molecule has 0 radical (unpaired) electrons. The lowest BCUT2D eigenvalue weighted by molar-refractivity contribution is -0.141. The first-order valence-corrected chi connectivity index (χ1v) is 7.78. The lowest BCUT2D eigenvalue weighted by Gasteiger charge is -2.39. The summed E-state index contributed by atoms with van der Waals surface area (Å²) in [5, 5.41) is 11.4. The van der Waals surface area contributed by atoms with E-state index in [2.05, 4.69) is 11.0 Å². The lowest BCUT2D eigenvalue weighted by atomic mass is 9.94. The second kappa shape index (κ2) is 5.94. The molecular formula is C15H21N3OS. The minimum atomic E-state index is -0.329. The van der Waals surface area contributed by atoms with E-state index >= 15 is 0 Å². The van der Waals surface area contributed by atoms with E-state index in [-0.39, 0.29) is 17.4 Å². The lowest BCUT2D eigenvalue weighted by Crippen LogP contribution is -2.52. The Morgan fingerprint density at radius 2 is 2.00 bits per heavy atom. The first-order chi connectivity index (χ1) is 9.43. The van der Waals surface area contributed by atoms with Gasteiger partial charge in [0.05, 0.1) is 6.07 Å². The van der Waals surface area contributed by atoms with Gasteiger partial charge in [-0.1, -0.05) is 26.8 Å². The fraction of sp³-hybridized carbons (Fsp3) is 0.600. The van der Waals surface area contributed by atoms with Crippen molar-refractivity contribution in [2.75, 3.05) is 26.2 Å². The van der Waals surface area contributed by atoms with Crippen molar-refractivity contribution in [3.63, 3.8) is 0 Å². The normalized spacial score (nSPS) is 18.6. The molecule has 1 aliphatic heterocycles. The van der Waals surface area contributed by atoms with Crippen LogP contribution in [0.3, 0.4) is 0 Å². The van der Waals surface area contributed by atoms with E-state index in [9.17, 15) is 10.1 Å². The number of thiophene rings is 1. The van der Waals surface area contributed by atoms with Crippen molar-refractivity contribution in [2.24, 2.45) is 5.41 Å². The number of carbonyl (C=O) groups excluding carboxylic acids is 1. The molecule has 108 valence electrons. The van der Waals surface area contributed by atoms with Gasteiger partial charge in [0.2, 0.25) is 5.91 Å². The zero-order valence-corrected chi connectivity index (χ0v) is 13.1. The van der Waals surface area contributed by atoms with Crippen molar-refractivity contribution < 1.29 is 4.79 Å². The Balaban J connectivity index is 1.98. The van der Waals surface area contributed by atoms with E-state index in [1.165, 1.54) is 0 Å². The molecule has 1 atom stereocenters. The number of hydrogen-bond donors (Lipinski definition) is 0. The predicted molar refractivity (Wildman–Crippen MR) is 80.3 cm³/mol. The van der Waals surface area contributed by atoms with Gasteiger partial charge in [-0.25, -0.2) is 0 Å².